The molecule has 2 aromatic rings. The van der Waals surface area contributed by atoms with Crippen molar-refractivity contribution in [3.05, 3.63) is 70.8 Å². The zero-order chi connectivity index (χ0) is 20.9. The molecular formula is C25H33N3O2. The van der Waals surface area contributed by atoms with Gasteiger partial charge < -0.3 is 15.3 Å². The van der Waals surface area contributed by atoms with Crippen LogP contribution < -0.4 is 5.32 Å². The number of β-amino-alcohol motifs (C(OH)–C–C–N with tert-alkyl or cyclic N) is 1. The number of hydrogen-bond donors (Lipinski definition) is 2. The molecule has 5 heteroatoms. The summed E-state index contributed by atoms with van der Waals surface area (Å²) in [5, 5.41) is 13.4. The van der Waals surface area contributed by atoms with E-state index in [0.29, 0.717) is 18.0 Å². The predicted octanol–water partition coefficient (Wildman–Crippen LogP) is 2.33. The molecule has 2 N–H and O–H groups in total. The number of nitrogens with zero attached hydrogens (tertiary/aromatic N) is 2. The van der Waals surface area contributed by atoms with Crippen LogP contribution in [0.1, 0.15) is 33.5 Å². The van der Waals surface area contributed by atoms with E-state index in [2.05, 4.69) is 52.5 Å². The Labute approximate surface area is 179 Å². The molecule has 2 aromatic carbocycles. The molecule has 0 radical (unpaired) electrons. The highest BCUT2D eigenvalue weighted by Crippen LogP contribution is 2.20. The Balaban J connectivity index is 1.25. The van der Waals surface area contributed by atoms with Gasteiger partial charge in [-0.05, 0) is 67.6 Å². The van der Waals surface area contributed by atoms with Gasteiger partial charge in [0, 0.05) is 38.3 Å². The molecule has 0 saturated carbocycles. The predicted molar refractivity (Wildman–Crippen MR) is 120 cm³/mol. The summed E-state index contributed by atoms with van der Waals surface area (Å²) in [6.45, 7) is 4.94. The molecule has 160 valence electrons. The normalized spacial score (nSPS) is 20.7. The first-order chi connectivity index (χ1) is 14.6. The molecular weight excluding hydrogens is 374 g/mol. The van der Waals surface area contributed by atoms with Crippen LogP contribution in [-0.2, 0) is 19.4 Å². The Hall–Kier alpha value is -2.21. The lowest BCUT2D eigenvalue weighted by Crippen LogP contribution is -2.42. The molecule has 0 aromatic heterocycles. The Morgan fingerprint density at radius 3 is 2.80 bits per heavy atom. The monoisotopic (exact) mass is 407 g/mol. The Morgan fingerprint density at radius 1 is 1.17 bits per heavy atom. The van der Waals surface area contributed by atoms with Crippen molar-refractivity contribution < 1.29 is 9.90 Å². The first kappa shape index (κ1) is 21.0. The van der Waals surface area contributed by atoms with Gasteiger partial charge in [0.15, 0.2) is 0 Å². The maximum atomic E-state index is 12.6. The fourth-order valence-corrected chi connectivity index (χ4v) is 4.75. The maximum absolute atomic E-state index is 12.6. The van der Waals surface area contributed by atoms with Gasteiger partial charge in [0.2, 0.25) is 0 Å². The number of rotatable bonds is 7. The number of benzene rings is 2. The highest BCUT2D eigenvalue weighted by atomic mass is 16.3. The van der Waals surface area contributed by atoms with Crippen molar-refractivity contribution in [1.82, 2.24) is 15.1 Å². The number of amides is 1. The van der Waals surface area contributed by atoms with Crippen molar-refractivity contribution in [2.24, 2.45) is 5.92 Å². The van der Waals surface area contributed by atoms with Gasteiger partial charge in [0.25, 0.3) is 5.91 Å². The van der Waals surface area contributed by atoms with E-state index in [1.807, 2.05) is 18.2 Å². The van der Waals surface area contributed by atoms with Crippen molar-refractivity contribution >= 4 is 5.91 Å². The number of aliphatic hydroxyl groups excluding tert-OH is 1. The van der Waals surface area contributed by atoms with Gasteiger partial charge in [-0.3, -0.25) is 9.69 Å². The lowest BCUT2D eigenvalue weighted by Gasteiger charge is -2.30. The number of hydrogen-bond acceptors (Lipinski definition) is 4. The van der Waals surface area contributed by atoms with Gasteiger partial charge in [-0.15, -0.1) is 0 Å². The largest absolute Gasteiger partial charge is 0.390 e. The van der Waals surface area contributed by atoms with Crippen molar-refractivity contribution in [2.45, 2.75) is 31.9 Å². The molecule has 2 unspecified atom stereocenters. The van der Waals surface area contributed by atoms with Crippen LogP contribution in [0.3, 0.4) is 0 Å². The van der Waals surface area contributed by atoms with Gasteiger partial charge in [0.05, 0.1) is 6.10 Å². The highest BCUT2D eigenvalue weighted by Gasteiger charge is 2.21. The van der Waals surface area contributed by atoms with Crippen molar-refractivity contribution in [2.75, 3.05) is 39.8 Å². The number of carbonyl (C=O) groups excluding carboxylic acids is 1. The van der Waals surface area contributed by atoms with E-state index in [0.717, 1.165) is 39.0 Å². The molecule has 1 fully saturated rings. The summed E-state index contributed by atoms with van der Waals surface area (Å²) in [6.07, 6.45) is 2.68. The smallest absolute Gasteiger partial charge is 0.251 e. The van der Waals surface area contributed by atoms with Crippen LogP contribution in [0.5, 0.6) is 0 Å². The number of likely N-dealkylation sites (tertiary alicyclic amines) is 1. The first-order valence-corrected chi connectivity index (χ1v) is 11.1. The number of carbonyl (C=O) groups is 1. The molecule has 1 saturated heterocycles. The molecule has 0 spiro atoms. The van der Waals surface area contributed by atoms with E-state index in [1.165, 1.54) is 23.1 Å². The average Bonchev–Trinajstić information content (AvgIpc) is 3.16. The number of aliphatic hydroxyl groups is 1. The minimum Gasteiger partial charge on any atom is -0.390 e. The van der Waals surface area contributed by atoms with Crippen molar-refractivity contribution in [3.8, 4) is 0 Å². The SMILES string of the molecule is CN1CCC(Cc2cccc(C(=O)NCC(O)CN3CCc4ccccc4C3)c2)C1. The number of nitrogens with one attached hydrogen (secondary N) is 1. The molecule has 2 aliphatic rings. The second-order valence-corrected chi connectivity index (χ2v) is 8.94. The Kier molecular flexibility index (Phi) is 6.82. The van der Waals surface area contributed by atoms with Gasteiger partial charge in [-0.25, -0.2) is 0 Å². The third-order valence-electron chi connectivity index (χ3n) is 6.38. The van der Waals surface area contributed by atoms with Crippen LogP contribution in [0.4, 0.5) is 0 Å². The van der Waals surface area contributed by atoms with Gasteiger partial charge >= 0.3 is 0 Å². The second kappa shape index (κ2) is 9.73. The third kappa shape index (κ3) is 5.48. The Bertz CT molecular complexity index is 869. The molecule has 0 aliphatic carbocycles. The molecule has 0 bridgehead atoms. The summed E-state index contributed by atoms with van der Waals surface area (Å²) in [7, 11) is 2.16. The van der Waals surface area contributed by atoms with E-state index in [1.54, 1.807) is 0 Å². The summed E-state index contributed by atoms with van der Waals surface area (Å²) in [5.41, 5.74) is 4.64. The van der Waals surface area contributed by atoms with Gasteiger partial charge in [-0.2, -0.15) is 0 Å². The summed E-state index contributed by atoms with van der Waals surface area (Å²) in [5.74, 6) is 0.563. The molecule has 2 heterocycles. The quantitative estimate of drug-likeness (QED) is 0.740. The fourth-order valence-electron chi connectivity index (χ4n) is 4.75. The molecule has 5 nitrogen and oxygen atoms in total. The third-order valence-corrected chi connectivity index (χ3v) is 6.38. The Morgan fingerprint density at radius 2 is 2.00 bits per heavy atom. The standard InChI is InChI=1S/C25H33N3O2/c1-27-11-9-20(16-27)13-19-5-4-8-22(14-19)25(30)26-15-24(29)18-28-12-10-21-6-2-3-7-23(21)17-28/h2-8,14,20,24,29H,9-13,15-18H2,1H3,(H,26,30). The van der Waals surface area contributed by atoms with Crippen molar-refractivity contribution in [1.29, 1.82) is 0 Å². The molecule has 30 heavy (non-hydrogen) atoms. The van der Waals surface area contributed by atoms with Crippen molar-refractivity contribution in [3.63, 3.8) is 0 Å². The highest BCUT2D eigenvalue weighted by molar-refractivity contribution is 5.94. The molecule has 2 atom stereocenters. The maximum Gasteiger partial charge on any atom is 0.251 e. The molecule has 2 aliphatic heterocycles. The first-order valence-electron chi connectivity index (χ1n) is 11.1. The van der Waals surface area contributed by atoms with E-state index in [-0.39, 0.29) is 12.5 Å². The fraction of sp³-hybridized carbons (Fsp3) is 0.480. The van der Waals surface area contributed by atoms with E-state index < -0.39 is 6.10 Å². The minimum absolute atomic E-state index is 0.108. The van der Waals surface area contributed by atoms with E-state index >= 15 is 0 Å². The van der Waals surface area contributed by atoms with Gasteiger partial charge in [-0.1, -0.05) is 36.4 Å². The second-order valence-electron chi connectivity index (χ2n) is 8.94. The summed E-state index contributed by atoms with van der Waals surface area (Å²) in [4.78, 5) is 17.2. The van der Waals surface area contributed by atoms with Crippen LogP contribution in [0.25, 0.3) is 0 Å². The van der Waals surface area contributed by atoms with E-state index in [4.69, 9.17) is 0 Å². The molecule has 1 amide bonds. The average molecular weight is 408 g/mol. The van der Waals surface area contributed by atoms with Gasteiger partial charge in [0.1, 0.15) is 0 Å². The topological polar surface area (TPSA) is 55.8 Å². The lowest BCUT2D eigenvalue weighted by atomic mass is 9.97. The van der Waals surface area contributed by atoms with Crippen LogP contribution in [0.2, 0.25) is 0 Å². The van der Waals surface area contributed by atoms with E-state index in [9.17, 15) is 9.90 Å². The zero-order valence-corrected chi connectivity index (χ0v) is 17.9. The summed E-state index contributed by atoms with van der Waals surface area (Å²) >= 11 is 0. The van der Waals surface area contributed by atoms with Crippen LogP contribution >= 0.6 is 0 Å². The summed E-state index contributed by atoms with van der Waals surface area (Å²) in [6, 6.07) is 16.4. The zero-order valence-electron chi connectivity index (χ0n) is 17.9. The minimum atomic E-state index is -0.573. The van der Waals surface area contributed by atoms with Crippen LogP contribution in [0.15, 0.2) is 48.5 Å². The van der Waals surface area contributed by atoms with Crippen LogP contribution in [0, 0.1) is 5.92 Å². The van der Waals surface area contributed by atoms with Crippen LogP contribution in [-0.4, -0.2) is 66.7 Å². The summed E-state index contributed by atoms with van der Waals surface area (Å²) < 4.78 is 0. The molecule has 4 rings (SSSR count). The lowest BCUT2D eigenvalue weighted by molar-refractivity contribution is 0.0842. The number of fused-ring (bicyclic) bond motifs is 1.